The largest absolute Gasteiger partial charge is 0.453 e. The summed E-state index contributed by atoms with van der Waals surface area (Å²) in [7, 11) is 2.51. The van der Waals surface area contributed by atoms with E-state index in [1.165, 1.54) is 14.2 Å². The Hall–Kier alpha value is -5.93. The molecule has 0 radical (unpaired) electrons. The molecule has 1 aromatic heterocycles. The number of hydrogen-bond donors (Lipinski definition) is 4. The molecule has 6 rings (SSSR count). The summed E-state index contributed by atoms with van der Waals surface area (Å²) in [5, 5.41) is 8.27. The van der Waals surface area contributed by atoms with Gasteiger partial charge in [0.2, 0.25) is 23.6 Å². The second-order valence-corrected chi connectivity index (χ2v) is 16.1. The van der Waals surface area contributed by atoms with Crippen LogP contribution in [0.3, 0.4) is 0 Å². The van der Waals surface area contributed by atoms with Crippen molar-refractivity contribution in [3.63, 3.8) is 0 Å². The number of alkyl carbamates (subject to hydrolysis) is 2. The Morgan fingerprint density at radius 1 is 0.661 bits per heavy atom. The molecule has 4 N–H and O–H groups in total. The number of benzene rings is 2. The highest BCUT2D eigenvalue weighted by Gasteiger charge is 2.44. The van der Waals surface area contributed by atoms with Crippen molar-refractivity contribution in [2.24, 2.45) is 11.8 Å². The Bertz CT molecular complexity index is 2000. The molecule has 0 aliphatic carbocycles. The monoisotopic (exact) mass is 812 g/mol. The first kappa shape index (κ1) is 42.7. The SMILES string of the molecule is COC(=O)N[C@H](C(=O)N1CCC[C@H]1C(=O)N1CCC[C@H]1C(=O)Nc1ccc(-c2ccc(-c3cnc([C@@H]4CCCN4C(=O)[C@@H](NC(=O)OC)C(C)C)[nH]3)cc2)cc1)C(C)C. The van der Waals surface area contributed by atoms with Gasteiger partial charge >= 0.3 is 12.2 Å². The Balaban J connectivity index is 1.06. The first-order valence-electron chi connectivity index (χ1n) is 20.5. The molecule has 316 valence electrons. The third-order valence-corrected chi connectivity index (χ3v) is 11.6. The molecule has 4 heterocycles. The summed E-state index contributed by atoms with van der Waals surface area (Å²) in [4.78, 5) is 91.5. The van der Waals surface area contributed by atoms with Gasteiger partial charge in [-0.25, -0.2) is 14.6 Å². The number of carbonyl (C=O) groups excluding carboxylic acids is 6. The maximum Gasteiger partial charge on any atom is 0.407 e. The fraction of sp³-hybridized carbons (Fsp3) is 0.512. The van der Waals surface area contributed by atoms with Gasteiger partial charge in [0.1, 0.15) is 30.0 Å². The zero-order chi connectivity index (χ0) is 42.4. The van der Waals surface area contributed by atoms with E-state index in [9.17, 15) is 28.8 Å². The number of methoxy groups -OCH3 is 2. The molecule has 6 amide bonds. The third-order valence-electron chi connectivity index (χ3n) is 11.6. The number of amides is 6. The average Bonchev–Trinajstić information content (AvgIpc) is 4.08. The maximum absolute atomic E-state index is 13.9. The Labute approximate surface area is 344 Å². The van der Waals surface area contributed by atoms with Crippen LogP contribution in [0.2, 0.25) is 0 Å². The van der Waals surface area contributed by atoms with E-state index < -0.39 is 36.4 Å². The Kier molecular flexibility index (Phi) is 13.6. The minimum absolute atomic E-state index is 0.123. The molecule has 0 saturated carbocycles. The Morgan fingerprint density at radius 3 is 1.73 bits per heavy atom. The van der Waals surface area contributed by atoms with Crippen molar-refractivity contribution in [3.8, 4) is 22.4 Å². The van der Waals surface area contributed by atoms with Gasteiger partial charge in [-0.3, -0.25) is 19.2 Å². The quantitative estimate of drug-likeness (QED) is 0.193. The van der Waals surface area contributed by atoms with Crippen LogP contribution in [0.25, 0.3) is 22.4 Å². The summed E-state index contributed by atoms with van der Waals surface area (Å²) in [6, 6.07) is 12.4. The molecule has 5 atom stereocenters. The van der Waals surface area contributed by atoms with Gasteiger partial charge in [0.25, 0.3) is 0 Å². The molecule has 16 nitrogen and oxygen atoms in total. The lowest BCUT2D eigenvalue weighted by Gasteiger charge is -2.33. The molecular formula is C43H56N8O8. The number of ether oxygens (including phenoxy) is 2. The fourth-order valence-electron chi connectivity index (χ4n) is 8.32. The third kappa shape index (κ3) is 9.52. The van der Waals surface area contributed by atoms with Gasteiger partial charge in [-0.2, -0.15) is 0 Å². The lowest BCUT2D eigenvalue weighted by atomic mass is 10.0. The summed E-state index contributed by atoms with van der Waals surface area (Å²) in [5.41, 5.74) is 4.27. The van der Waals surface area contributed by atoms with Crippen molar-refractivity contribution in [2.45, 2.75) is 96.4 Å². The van der Waals surface area contributed by atoms with Crippen LogP contribution in [0.4, 0.5) is 15.3 Å². The molecule has 3 aliphatic rings. The molecule has 0 unspecified atom stereocenters. The molecule has 0 bridgehead atoms. The van der Waals surface area contributed by atoms with Crippen LogP contribution in [-0.2, 0) is 28.7 Å². The highest BCUT2D eigenvalue weighted by Crippen LogP contribution is 2.34. The predicted molar refractivity (Wildman–Crippen MR) is 220 cm³/mol. The molecule has 0 spiro atoms. The van der Waals surface area contributed by atoms with Crippen molar-refractivity contribution in [2.75, 3.05) is 39.2 Å². The number of H-pyrrole nitrogens is 1. The normalized spacial score (nSPS) is 20.1. The zero-order valence-electron chi connectivity index (χ0n) is 34.7. The second-order valence-electron chi connectivity index (χ2n) is 16.1. The summed E-state index contributed by atoms with van der Waals surface area (Å²) < 4.78 is 9.46. The van der Waals surface area contributed by atoms with E-state index in [1.54, 1.807) is 20.9 Å². The minimum atomic E-state index is -0.837. The van der Waals surface area contributed by atoms with Crippen molar-refractivity contribution < 1.29 is 38.2 Å². The van der Waals surface area contributed by atoms with Gasteiger partial charge in [0, 0.05) is 25.3 Å². The number of rotatable bonds is 12. The highest BCUT2D eigenvalue weighted by molar-refractivity contribution is 5.99. The van der Waals surface area contributed by atoms with Gasteiger partial charge in [-0.1, -0.05) is 64.1 Å². The average molecular weight is 813 g/mol. The van der Waals surface area contributed by atoms with Crippen LogP contribution >= 0.6 is 0 Å². The van der Waals surface area contributed by atoms with Crippen LogP contribution in [0.15, 0.2) is 54.7 Å². The van der Waals surface area contributed by atoms with Crippen LogP contribution in [0.5, 0.6) is 0 Å². The molecular weight excluding hydrogens is 757 g/mol. The van der Waals surface area contributed by atoms with E-state index in [-0.39, 0.29) is 41.5 Å². The van der Waals surface area contributed by atoms with Gasteiger partial charge < -0.3 is 45.1 Å². The van der Waals surface area contributed by atoms with E-state index in [0.29, 0.717) is 56.8 Å². The van der Waals surface area contributed by atoms with E-state index in [1.807, 2.05) is 76.2 Å². The molecule has 3 fully saturated rings. The van der Waals surface area contributed by atoms with Gasteiger partial charge in [-0.05, 0) is 79.2 Å². The van der Waals surface area contributed by atoms with E-state index >= 15 is 0 Å². The topological polar surface area (TPSA) is 195 Å². The smallest absolute Gasteiger partial charge is 0.407 e. The molecule has 3 aliphatic heterocycles. The van der Waals surface area contributed by atoms with E-state index in [4.69, 9.17) is 9.47 Å². The number of aromatic amines is 1. The Morgan fingerprint density at radius 2 is 1.15 bits per heavy atom. The van der Waals surface area contributed by atoms with Crippen LogP contribution in [0.1, 0.15) is 78.1 Å². The van der Waals surface area contributed by atoms with Gasteiger partial charge in [-0.15, -0.1) is 0 Å². The number of likely N-dealkylation sites (tertiary alicyclic amines) is 3. The fourth-order valence-corrected chi connectivity index (χ4v) is 8.32. The molecule has 59 heavy (non-hydrogen) atoms. The number of carbonyl (C=O) groups is 6. The lowest BCUT2D eigenvalue weighted by molar-refractivity contribution is -0.147. The molecule has 2 aromatic carbocycles. The predicted octanol–water partition coefficient (Wildman–Crippen LogP) is 5.09. The first-order valence-corrected chi connectivity index (χ1v) is 20.5. The van der Waals surface area contributed by atoms with Crippen molar-refractivity contribution >= 4 is 41.5 Å². The first-order chi connectivity index (χ1) is 28.3. The number of aromatic nitrogens is 2. The number of hydrogen-bond acceptors (Lipinski definition) is 9. The molecule has 16 heteroatoms. The highest BCUT2D eigenvalue weighted by atomic mass is 16.5. The molecule has 3 aromatic rings. The van der Waals surface area contributed by atoms with Gasteiger partial charge in [0.15, 0.2) is 0 Å². The number of anilines is 1. The van der Waals surface area contributed by atoms with Crippen molar-refractivity contribution in [3.05, 3.63) is 60.6 Å². The number of nitrogens with zero attached hydrogens (tertiary/aromatic N) is 4. The van der Waals surface area contributed by atoms with Crippen LogP contribution < -0.4 is 16.0 Å². The summed E-state index contributed by atoms with van der Waals surface area (Å²) in [6.45, 7) is 8.81. The van der Waals surface area contributed by atoms with Gasteiger partial charge in [0.05, 0.1) is 32.2 Å². The summed E-state index contributed by atoms with van der Waals surface area (Å²) in [5.74, 6) is -0.674. The van der Waals surface area contributed by atoms with Crippen molar-refractivity contribution in [1.29, 1.82) is 0 Å². The van der Waals surface area contributed by atoms with Crippen LogP contribution in [0, 0.1) is 11.8 Å². The minimum Gasteiger partial charge on any atom is -0.453 e. The van der Waals surface area contributed by atoms with Crippen molar-refractivity contribution in [1.82, 2.24) is 35.3 Å². The number of imidazole rings is 1. The number of nitrogens with one attached hydrogen (secondary N) is 4. The lowest BCUT2D eigenvalue weighted by Crippen LogP contribution is -2.56. The van der Waals surface area contributed by atoms with E-state index in [0.717, 1.165) is 35.2 Å². The molecule has 3 saturated heterocycles. The zero-order valence-corrected chi connectivity index (χ0v) is 34.7. The maximum atomic E-state index is 13.9. The summed E-state index contributed by atoms with van der Waals surface area (Å²) >= 11 is 0. The standard InChI is InChI=1S/C43H56N8O8/c1-25(2)35(47-42(56)58-5)40(54)49-21-7-10-32(49)37-44-24-31(46-37)29-15-13-27(14-16-29)28-17-19-30(20-18-28)45-38(52)33-11-8-22-50(33)39(53)34-12-9-23-51(34)41(55)36(26(3)4)48-43(57)59-6/h13-20,24-26,32-36H,7-12,21-23H2,1-6H3,(H,44,46)(H,45,52)(H,47,56)(H,48,57)/t32-,33-,34-,35-,36-/m0/s1. The second kappa shape index (κ2) is 18.8. The van der Waals surface area contributed by atoms with E-state index in [2.05, 4.69) is 25.9 Å². The van der Waals surface area contributed by atoms with Crippen LogP contribution in [-0.4, -0.2) is 119 Å². The summed E-state index contributed by atoms with van der Waals surface area (Å²) in [6.07, 6.45) is 4.33.